The lowest BCUT2D eigenvalue weighted by molar-refractivity contribution is 0.0950. The van der Waals surface area contributed by atoms with Crippen LogP contribution in [0.2, 0.25) is 0 Å². The first-order chi connectivity index (χ1) is 11.2. The molecule has 122 valence electrons. The highest BCUT2D eigenvalue weighted by atomic mass is 16.3. The van der Waals surface area contributed by atoms with Gasteiger partial charge in [-0.2, -0.15) is 0 Å². The SMILES string of the molecule is NCc1cc(C(=O)NCc2cccc(CN3CCCC3)c2)co1. The Bertz CT molecular complexity index is 660. The topological polar surface area (TPSA) is 71.5 Å². The second kappa shape index (κ2) is 7.44. The van der Waals surface area contributed by atoms with Crippen LogP contribution in [0.1, 0.15) is 40.1 Å². The van der Waals surface area contributed by atoms with Crippen molar-refractivity contribution in [2.75, 3.05) is 13.1 Å². The Labute approximate surface area is 136 Å². The third kappa shape index (κ3) is 4.21. The predicted octanol–water partition coefficient (Wildman–Crippen LogP) is 2.26. The maximum absolute atomic E-state index is 12.1. The van der Waals surface area contributed by atoms with Crippen molar-refractivity contribution >= 4 is 5.91 Å². The van der Waals surface area contributed by atoms with E-state index in [-0.39, 0.29) is 5.91 Å². The fourth-order valence-corrected chi connectivity index (χ4v) is 2.93. The summed E-state index contributed by atoms with van der Waals surface area (Å²) in [5.74, 6) is 0.473. The molecule has 0 saturated carbocycles. The van der Waals surface area contributed by atoms with E-state index in [1.54, 1.807) is 6.07 Å². The van der Waals surface area contributed by atoms with Crippen molar-refractivity contribution in [3.05, 3.63) is 59.0 Å². The highest BCUT2D eigenvalue weighted by molar-refractivity contribution is 5.93. The van der Waals surface area contributed by atoms with Crippen LogP contribution >= 0.6 is 0 Å². The number of furan rings is 1. The number of rotatable bonds is 6. The Morgan fingerprint density at radius 2 is 2.00 bits per heavy atom. The van der Waals surface area contributed by atoms with Gasteiger partial charge in [-0.1, -0.05) is 24.3 Å². The summed E-state index contributed by atoms with van der Waals surface area (Å²) in [6, 6.07) is 10.1. The van der Waals surface area contributed by atoms with E-state index in [1.807, 2.05) is 6.07 Å². The first-order valence-electron chi connectivity index (χ1n) is 8.10. The Kier molecular flexibility index (Phi) is 5.10. The smallest absolute Gasteiger partial charge is 0.254 e. The largest absolute Gasteiger partial charge is 0.467 e. The molecule has 0 radical (unpaired) electrons. The number of carbonyl (C=O) groups is 1. The third-order valence-corrected chi connectivity index (χ3v) is 4.17. The highest BCUT2D eigenvalue weighted by Gasteiger charge is 2.12. The monoisotopic (exact) mass is 313 g/mol. The summed E-state index contributed by atoms with van der Waals surface area (Å²) in [5, 5.41) is 2.92. The quantitative estimate of drug-likeness (QED) is 0.858. The fourth-order valence-electron chi connectivity index (χ4n) is 2.93. The Hall–Kier alpha value is -2.11. The minimum absolute atomic E-state index is 0.140. The lowest BCUT2D eigenvalue weighted by Gasteiger charge is -2.15. The van der Waals surface area contributed by atoms with Gasteiger partial charge in [0, 0.05) is 13.1 Å². The van der Waals surface area contributed by atoms with Crippen LogP contribution in [0.25, 0.3) is 0 Å². The summed E-state index contributed by atoms with van der Waals surface area (Å²) in [4.78, 5) is 14.6. The van der Waals surface area contributed by atoms with Crippen molar-refractivity contribution in [3.63, 3.8) is 0 Å². The molecule has 0 unspecified atom stereocenters. The molecule has 0 bridgehead atoms. The maximum atomic E-state index is 12.1. The second-order valence-electron chi connectivity index (χ2n) is 5.99. The molecule has 23 heavy (non-hydrogen) atoms. The molecule has 1 aliphatic rings. The molecule has 0 atom stereocenters. The van der Waals surface area contributed by atoms with E-state index in [1.165, 1.54) is 37.8 Å². The average molecular weight is 313 g/mol. The molecular formula is C18H23N3O2. The molecule has 2 aromatic rings. The zero-order valence-corrected chi connectivity index (χ0v) is 13.3. The zero-order valence-electron chi connectivity index (χ0n) is 13.3. The molecule has 1 amide bonds. The summed E-state index contributed by atoms with van der Waals surface area (Å²) in [5.41, 5.74) is 8.40. The van der Waals surface area contributed by atoms with Crippen LogP contribution < -0.4 is 11.1 Å². The van der Waals surface area contributed by atoms with E-state index in [9.17, 15) is 4.79 Å². The summed E-state index contributed by atoms with van der Waals surface area (Å²) in [6.45, 7) is 4.17. The number of carbonyl (C=O) groups excluding carboxylic acids is 1. The van der Waals surface area contributed by atoms with E-state index in [0.717, 1.165) is 12.1 Å². The molecule has 2 heterocycles. The molecule has 1 saturated heterocycles. The van der Waals surface area contributed by atoms with Crippen molar-refractivity contribution in [1.82, 2.24) is 10.2 Å². The van der Waals surface area contributed by atoms with Gasteiger partial charge in [-0.25, -0.2) is 0 Å². The highest BCUT2D eigenvalue weighted by Crippen LogP contribution is 2.14. The van der Waals surface area contributed by atoms with Crippen LogP contribution in [0.3, 0.4) is 0 Å². The Morgan fingerprint density at radius 3 is 2.74 bits per heavy atom. The van der Waals surface area contributed by atoms with Gasteiger partial charge < -0.3 is 15.5 Å². The van der Waals surface area contributed by atoms with Crippen LogP contribution in [0.5, 0.6) is 0 Å². The number of nitrogens with one attached hydrogen (secondary N) is 1. The Morgan fingerprint density at radius 1 is 1.22 bits per heavy atom. The first-order valence-corrected chi connectivity index (χ1v) is 8.10. The van der Waals surface area contributed by atoms with Crippen LogP contribution in [0.4, 0.5) is 0 Å². The molecule has 1 aliphatic heterocycles. The number of nitrogens with zero attached hydrogens (tertiary/aromatic N) is 1. The van der Waals surface area contributed by atoms with Crippen molar-refractivity contribution in [2.24, 2.45) is 5.73 Å². The van der Waals surface area contributed by atoms with Gasteiger partial charge in [-0.05, 0) is 43.1 Å². The molecule has 5 nitrogen and oxygen atoms in total. The zero-order chi connectivity index (χ0) is 16.1. The molecular weight excluding hydrogens is 290 g/mol. The summed E-state index contributed by atoms with van der Waals surface area (Å²) < 4.78 is 5.19. The minimum Gasteiger partial charge on any atom is -0.467 e. The van der Waals surface area contributed by atoms with E-state index >= 15 is 0 Å². The standard InChI is InChI=1S/C18H23N3O2/c19-10-17-9-16(13-23-17)18(22)20-11-14-4-3-5-15(8-14)12-21-6-1-2-7-21/h3-5,8-9,13H,1-2,6-7,10-12,19H2,(H,20,22). The van der Waals surface area contributed by atoms with Gasteiger partial charge in [0.25, 0.3) is 5.91 Å². The molecule has 1 aromatic carbocycles. The first kappa shape index (κ1) is 15.8. The van der Waals surface area contributed by atoms with E-state index in [4.69, 9.17) is 10.2 Å². The fraction of sp³-hybridized carbons (Fsp3) is 0.389. The third-order valence-electron chi connectivity index (χ3n) is 4.17. The number of benzene rings is 1. The van der Waals surface area contributed by atoms with Gasteiger partial charge in [0.05, 0.1) is 12.1 Å². The number of hydrogen-bond acceptors (Lipinski definition) is 4. The minimum atomic E-state index is -0.140. The van der Waals surface area contributed by atoms with Crippen molar-refractivity contribution in [2.45, 2.75) is 32.5 Å². The second-order valence-corrected chi connectivity index (χ2v) is 5.99. The average Bonchev–Trinajstić information content (AvgIpc) is 3.24. The van der Waals surface area contributed by atoms with Gasteiger partial charge in [0.15, 0.2) is 0 Å². The van der Waals surface area contributed by atoms with Gasteiger partial charge in [-0.3, -0.25) is 9.69 Å². The number of hydrogen-bond donors (Lipinski definition) is 2. The summed E-state index contributed by atoms with van der Waals surface area (Å²) in [7, 11) is 0. The van der Waals surface area contributed by atoms with Crippen LogP contribution in [0, 0.1) is 0 Å². The van der Waals surface area contributed by atoms with Crippen LogP contribution in [-0.2, 0) is 19.6 Å². The van der Waals surface area contributed by atoms with Crippen molar-refractivity contribution in [1.29, 1.82) is 0 Å². The van der Waals surface area contributed by atoms with Gasteiger partial charge >= 0.3 is 0 Å². The van der Waals surface area contributed by atoms with Crippen molar-refractivity contribution < 1.29 is 9.21 Å². The summed E-state index contributed by atoms with van der Waals surface area (Å²) in [6.07, 6.45) is 4.04. The molecule has 3 rings (SSSR count). The Balaban J connectivity index is 1.56. The molecule has 0 spiro atoms. The lowest BCUT2D eigenvalue weighted by atomic mass is 10.1. The maximum Gasteiger partial charge on any atom is 0.254 e. The van der Waals surface area contributed by atoms with Crippen LogP contribution in [-0.4, -0.2) is 23.9 Å². The van der Waals surface area contributed by atoms with Gasteiger partial charge in [0.1, 0.15) is 12.0 Å². The molecule has 1 fully saturated rings. The number of likely N-dealkylation sites (tertiary alicyclic amines) is 1. The van der Waals surface area contributed by atoms with E-state index < -0.39 is 0 Å². The molecule has 1 aromatic heterocycles. The molecule has 5 heteroatoms. The van der Waals surface area contributed by atoms with Crippen molar-refractivity contribution in [3.8, 4) is 0 Å². The van der Waals surface area contributed by atoms with E-state index in [0.29, 0.717) is 24.4 Å². The van der Waals surface area contributed by atoms with Crippen LogP contribution in [0.15, 0.2) is 41.0 Å². The summed E-state index contributed by atoms with van der Waals surface area (Å²) >= 11 is 0. The number of nitrogens with two attached hydrogens (primary N) is 1. The van der Waals surface area contributed by atoms with Gasteiger partial charge in [0.2, 0.25) is 0 Å². The van der Waals surface area contributed by atoms with E-state index in [2.05, 4.69) is 28.4 Å². The molecule has 3 N–H and O–H groups in total. The number of amides is 1. The molecule has 0 aliphatic carbocycles. The normalized spacial score (nSPS) is 15.0. The predicted molar refractivity (Wildman–Crippen MR) is 88.7 cm³/mol. The van der Waals surface area contributed by atoms with Gasteiger partial charge in [-0.15, -0.1) is 0 Å². The lowest BCUT2D eigenvalue weighted by Crippen LogP contribution is -2.22.